The van der Waals surface area contributed by atoms with Gasteiger partial charge in [0.1, 0.15) is 29.8 Å². The number of pyridine rings is 1. The molecule has 2 aliphatic heterocycles. The Hall–Kier alpha value is -5.62. The second kappa shape index (κ2) is 34.5. The minimum Gasteiger partial charge on any atom is -0.393 e. The van der Waals surface area contributed by atoms with Gasteiger partial charge in [-0.2, -0.15) is 10.1 Å². The van der Waals surface area contributed by atoms with E-state index in [9.17, 15) is 0 Å². The van der Waals surface area contributed by atoms with E-state index in [0.717, 1.165) is 49.9 Å². The first-order chi connectivity index (χ1) is 39.2. The molecule has 0 saturated carbocycles. The second-order valence-electron chi connectivity index (χ2n) is 18.0. The van der Waals surface area contributed by atoms with Gasteiger partial charge in [-0.1, -0.05) is 87.9 Å². The third-order valence-electron chi connectivity index (χ3n) is 12.6. The number of aromatic nitrogens is 2. The van der Waals surface area contributed by atoms with Gasteiger partial charge in [0.2, 0.25) is 0 Å². The van der Waals surface area contributed by atoms with Crippen LogP contribution in [-0.2, 0) is 61.1 Å². The number of nitrogens with zero attached hydrogens (tertiary/aromatic N) is 8. The molecule has 0 N–H and O–H groups in total. The Bertz CT molecular complexity index is 2810. The Kier molecular flexibility index (Phi) is 26.0. The quantitative estimate of drug-likeness (QED) is 0.0118. The van der Waals surface area contributed by atoms with E-state index in [2.05, 4.69) is 90.4 Å². The monoisotopic (exact) mass is 1130 g/mol. The fourth-order valence-electron chi connectivity index (χ4n) is 8.86. The van der Waals surface area contributed by atoms with Gasteiger partial charge in [0.15, 0.2) is 0 Å². The van der Waals surface area contributed by atoms with Crippen molar-refractivity contribution in [1.29, 1.82) is 0 Å². The van der Waals surface area contributed by atoms with Gasteiger partial charge in [-0.3, -0.25) is 0 Å². The number of aryl methyl sites for hydroxylation is 1. The van der Waals surface area contributed by atoms with E-state index in [4.69, 9.17) is 70.0 Å². The van der Waals surface area contributed by atoms with E-state index < -0.39 is 0 Å². The van der Waals surface area contributed by atoms with Crippen molar-refractivity contribution in [2.24, 2.45) is 27.5 Å². The molecule has 6 aromatic rings. The Morgan fingerprint density at radius 1 is 0.671 bits per heavy atom. The Morgan fingerprint density at radius 3 is 2.04 bits per heavy atom. The maximum absolute atomic E-state index is 6.17. The molecular formula is C58H70N8O10S3. The molecule has 18 nitrogen and oxygen atoms in total. The number of benzene rings is 4. The molecule has 8 rings (SSSR count). The normalized spacial score (nSPS) is 15.2. The number of oxime groups is 1. The highest BCUT2D eigenvalue weighted by Gasteiger charge is 2.40. The lowest BCUT2D eigenvalue weighted by Gasteiger charge is -2.35. The van der Waals surface area contributed by atoms with Crippen molar-refractivity contribution in [2.45, 2.75) is 29.8 Å². The zero-order valence-electron chi connectivity index (χ0n) is 44.7. The van der Waals surface area contributed by atoms with E-state index in [1.54, 1.807) is 34.0 Å². The summed E-state index contributed by atoms with van der Waals surface area (Å²) in [6.45, 7) is 9.11. The van der Waals surface area contributed by atoms with Crippen LogP contribution >= 0.6 is 33.8 Å². The molecule has 0 radical (unpaired) electrons. The van der Waals surface area contributed by atoms with E-state index in [1.165, 1.54) is 11.1 Å². The van der Waals surface area contributed by atoms with Crippen molar-refractivity contribution in [2.75, 3.05) is 141 Å². The number of rotatable bonds is 38. The smallest absolute Gasteiger partial charge is 0.140 e. The van der Waals surface area contributed by atoms with Crippen LogP contribution in [-0.4, -0.2) is 158 Å². The van der Waals surface area contributed by atoms with Crippen LogP contribution in [0.4, 0.5) is 17.1 Å². The standard InChI is InChI=1S/C58H70N8O10S3/c1-64-41-47(51-11-4-6-14-54(51)64)40-61-76-37-35-71-27-26-68-30-32-73-43-50(44-74-33-31-69-28-29-72-38-39-78-79-56-16-8-9-21-59-56)75-36-34-70-25-24-67-23-22-65-42-46-10-2-3-12-52(46)58-57(53-13-5-7-15-55(53)65)62-63-66(58)49-19-17-48(18-20-49)60-45-77/h2-21,40-41,50,57-58H,22-39,42-44H2,1H3/b61-40+. The first-order valence-electron chi connectivity index (χ1n) is 26.6. The molecule has 3 atom stereocenters. The van der Waals surface area contributed by atoms with Gasteiger partial charge in [-0.25, -0.2) is 9.99 Å². The summed E-state index contributed by atoms with van der Waals surface area (Å²) < 4.78 is 55.0. The van der Waals surface area contributed by atoms with Crippen molar-refractivity contribution in [3.05, 3.63) is 150 Å². The van der Waals surface area contributed by atoms with Crippen LogP contribution in [0.1, 0.15) is 34.3 Å². The molecule has 0 aliphatic carbocycles. The lowest BCUT2D eigenvalue weighted by atomic mass is 9.87. The molecule has 21 heteroatoms. The zero-order chi connectivity index (χ0) is 54.4. The van der Waals surface area contributed by atoms with E-state index in [-0.39, 0.29) is 18.2 Å². The highest BCUT2D eigenvalue weighted by molar-refractivity contribution is 8.76. The van der Waals surface area contributed by atoms with Gasteiger partial charge in [0, 0.05) is 66.0 Å². The van der Waals surface area contributed by atoms with Crippen molar-refractivity contribution in [3.8, 4) is 0 Å². The van der Waals surface area contributed by atoms with Crippen LogP contribution in [0.3, 0.4) is 0 Å². The topological polar surface area (TPSA) is 166 Å². The summed E-state index contributed by atoms with van der Waals surface area (Å²) >= 11 is 4.81. The number of fused-ring (bicyclic) bond motifs is 6. The summed E-state index contributed by atoms with van der Waals surface area (Å²) in [6.07, 6.45) is 5.24. The van der Waals surface area contributed by atoms with Crippen LogP contribution < -0.4 is 9.91 Å². The number of hydrogen-bond acceptors (Lipinski definition) is 20. The first-order valence-corrected chi connectivity index (χ1v) is 29.3. The Labute approximate surface area is 476 Å². The van der Waals surface area contributed by atoms with E-state index in [0.29, 0.717) is 132 Å². The van der Waals surface area contributed by atoms with Crippen molar-refractivity contribution >= 4 is 73.1 Å². The fourth-order valence-corrected chi connectivity index (χ4v) is 10.7. The lowest BCUT2D eigenvalue weighted by Crippen LogP contribution is -2.33. The van der Waals surface area contributed by atoms with Crippen molar-refractivity contribution in [3.63, 3.8) is 0 Å². The number of aliphatic imine (C=N–C) groups is 1. The fraction of sp³-hybridized carbons (Fsp3) is 0.431. The molecule has 0 bridgehead atoms. The Balaban J connectivity index is 0.703. The molecular weight excluding hydrogens is 1060 g/mol. The highest BCUT2D eigenvalue weighted by Crippen LogP contribution is 2.49. The molecule has 3 unspecified atom stereocenters. The van der Waals surface area contributed by atoms with Gasteiger partial charge >= 0.3 is 0 Å². The molecule has 4 aromatic carbocycles. The van der Waals surface area contributed by atoms with E-state index >= 15 is 0 Å². The van der Waals surface area contributed by atoms with Crippen LogP contribution in [0.15, 0.2) is 153 Å². The molecule has 0 amide bonds. The molecule has 2 aliphatic rings. The lowest BCUT2D eigenvalue weighted by molar-refractivity contribution is -0.0868. The minimum atomic E-state index is -0.311. The first kappa shape index (κ1) is 59.5. The van der Waals surface area contributed by atoms with E-state index in [1.807, 2.05) is 72.9 Å². The van der Waals surface area contributed by atoms with Gasteiger partial charge in [-0.15, -0.1) is 0 Å². The second-order valence-corrected chi connectivity index (χ2v) is 20.6. The zero-order valence-corrected chi connectivity index (χ0v) is 47.1. The Morgan fingerprint density at radius 2 is 1.30 bits per heavy atom. The molecule has 0 spiro atoms. The average Bonchev–Trinajstić information content (AvgIpc) is 4.07. The molecule has 4 heterocycles. The van der Waals surface area contributed by atoms with Crippen LogP contribution in [0.25, 0.3) is 10.9 Å². The number of ether oxygens (including phenoxy) is 9. The summed E-state index contributed by atoms with van der Waals surface area (Å²) in [5.41, 5.74) is 8.44. The van der Waals surface area contributed by atoms with Gasteiger partial charge in [-0.05, 0) is 82.7 Å². The third kappa shape index (κ3) is 19.3. The number of hydrogen-bond donors (Lipinski definition) is 0. The molecule has 420 valence electrons. The summed E-state index contributed by atoms with van der Waals surface area (Å²) in [7, 11) is 5.38. The number of para-hydroxylation sites is 2. The molecule has 79 heavy (non-hydrogen) atoms. The molecule has 0 fully saturated rings. The predicted molar refractivity (Wildman–Crippen MR) is 313 cm³/mol. The maximum Gasteiger partial charge on any atom is 0.140 e. The maximum atomic E-state index is 6.17. The van der Waals surface area contributed by atoms with Crippen molar-refractivity contribution < 1.29 is 47.5 Å². The predicted octanol–water partition coefficient (Wildman–Crippen LogP) is 10.3. The van der Waals surface area contributed by atoms with Crippen LogP contribution in [0, 0.1) is 0 Å². The SMILES string of the molecule is Cn1cc(/C=N/OCCOCCOCCOCC(COCCOCCOCCSSc2ccccn2)OCCOCCOCCN2Cc3ccccc3C3C(N=NN3c3ccc(N=C=S)cc3)c3ccccc32)c2ccccc21. The number of anilines is 2. The summed E-state index contributed by atoms with van der Waals surface area (Å²) in [5, 5.41) is 20.3. The minimum absolute atomic E-state index is 0.116. The summed E-state index contributed by atoms with van der Waals surface area (Å²) in [5.74, 6) is 0.862. The van der Waals surface area contributed by atoms with Gasteiger partial charge in [0.25, 0.3) is 0 Å². The van der Waals surface area contributed by atoms with Gasteiger partial charge in [0.05, 0.1) is 135 Å². The molecule has 0 saturated heterocycles. The average molecular weight is 1140 g/mol. The van der Waals surface area contributed by atoms with Crippen LogP contribution in [0.2, 0.25) is 0 Å². The summed E-state index contributed by atoms with van der Waals surface area (Å²) in [4.78, 5) is 16.2. The largest absolute Gasteiger partial charge is 0.393 e. The van der Waals surface area contributed by atoms with Crippen LogP contribution in [0.5, 0.6) is 0 Å². The van der Waals surface area contributed by atoms with Gasteiger partial charge < -0.3 is 56.9 Å². The number of thiocarbonyl (C=S) groups is 1. The third-order valence-corrected chi connectivity index (χ3v) is 14.9. The summed E-state index contributed by atoms with van der Waals surface area (Å²) in [6, 6.07) is 38.6. The highest BCUT2D eigenvalue weighted by atomic mass is 33.1. The number of isothiocyanates is 1. The van der Waals surface area contributed by atoms with Crippen molar-refractivity contribution in [1.82, 2.24) is 9.55 Å². The molecule has 2 aromatic heterocycles.